The van der Waals surface area contributed by atoms with Crippen LogP contribution in [-0.4, -0.2) is 0 Å². The molecule has 0 bridgehead atoms. The minimum absolute atomic E-state index is 0.704. The molecule has 0 aliphatic heterocycles. The summed E-state index contributed by atoms with van der Waals surface area (Å²) in [5, 5.41) is 9.54. The van der Waals surface area contributed by atoms with Gasteiger partial charge in [0, 0.05) is 16.5 Å². The molecular weight excluding hydrogens is 262 g/mol. The fourth-order valence-electron chi connectivity index (χ4n) is 1.57. The van der Waals surface area contributed by atoms with Crippen LogP contribution in [-0.2, 0) is 11.5 Å². The molecule has 1 nitrogen and oxygen atoms in total. The molecule has 0 amide bonds. The molecule has 2 rings (SSSR count). The number of thioether (sulfide) groups is 1. The maximum absolute atomic E-state index is 8.71. The van der Waals surface area contributed by atoms with E-state index in [0.717, 1.165) is 22.1 Å². The van der Waals surface area contributed by atoms with Crippen molar-refractivity contribution in [3.8, 4) is 6.07 Å². The summed E-state index contributed by atoms with van der Waals surface area (Å²) in [7, 11) is 0. The summed E-state index contributed by atoms with van der Waals surface area (Å²) in [6, 6.07) is 17.7. The van der Waals surface area contributed by atoms with E-state index in [4.69, 9.17) is 16.9 Å². The van der Waals surface area contributed by atoms with Gasteiger partial charge in [0.25, 0.3) is 0 Å². The Balaban J connectivity index is 1.89. The summed E-state index contributed by atoms with van der Waals surface area (Å²) >= 11 is 7.92. The molecular formula is C15H12ClNS. The van der Waals surface area contributed by atoms with Crippen LogP contribution in [0.25, 0.3) is 0 Å². The second kappa shape index (κ2) is 6.49. The number of benzene rings is 2. The predicted molar refractivity (Wildman–Crippen MR) is 77.6 cm³/mol. The van der Waals surface area contributed by atoms with Gasteiger partial charge in [-0.05, 0) is 29.3 Å². The number of rotatable bonds is 4. The van der Waals surface area contributed by atoms with Crippen LogP contribution < -0.4 is 0 Å². The quantitative estimate of drug-likeness (QED) is 0.810. The van der Waals surface area contributed by atoms with Gasteiger partial charge < -0.3 is 0 Å². The highest BCUT2D eigenvalue weighted by molar-refractivity contribution is 7.97. The van der Waals surface area contributed by atoms with Crippen molar-refractivity contribution in [3.05, 3.63) is 70.2 Å². The highest BCUT2D eigenvalue weighted by Gasteiger charge is 2.00. The molecule has 0 N–H and O–H groups in total. The highest BCUT2D eigenvalue weighted by Crippen LogP contribution is 2.23. The van der Waals surface area contributed by atoms with Crippen molar-refractivity contribution in [1.29, 1.82) is 5.26 Å². The molecule has 0 spiro atoms. The molecule has 90 valence electrons. The van der Waals surface area contributed by atoms with E-state index in [9.17, 15) is 0 Å². The van der Waals surface area contributed by atoms with Gasteiger partial charge in [-0.3, -0.25) is 0 Å². The van der Waals surface area contributed by atoms with Gasteiger partial charge in [0.05, 0.1) is 11.6 Å². The Morgan fingerprint density at radius 1 is 1.00 bits per heavy atom. The van der Waals surface area contributed by atoms with E-state index in [1.165, 1.54) is 5.56 Å². The van der Waals surface area contributed by atoms with Crippen LogP contribution >= 0.6 is 23.4 Å². The number of nitrogens with zero attached hydrogens (tertiary/aromatic N) is 1. The summed E-state index contributed by atoms with van der Waals surface area (Å²) in [6.45, 7) is 0. The van der Waals surface area contributed by atoms with Crippen molar-refractivity contribution < 1.29 is 0 Å². The zero-order valence-electron chi connectivity index (χ0n) is 9.77. The van der Waals surface area contributed by atoms with E-state index in [2.05, 4.69) is 6.07 Å². The molecule has 0 aliphatic carbocycles. The van der Waals surface area contributed by atoms with Crippen LogP contribution in [0.15, 0.2) is 48.5 Å². The first kappa shape index (κ1) is 13.0. The fourth-order valence-corrected chi connectivity index (χ4v) is 2.85. The molecule has 2 aromatic rings. The molecule has 0 radical (unpaired) electrons. The van der Waals surface area contributed by atoms with E-state index >= 15 is 0 Å². The molecule has 3 heteroatoms. The molecule has 0 saturated heterocycles. The first-order valence-corrected chi connectivity index (χ1v) is 7.13. The Morgan fingerprint density at radius 3 is 2.39 bits per heavy atom. The minimum Gasteiger partial charge on any atom is -0.192 e. The molecule has 2 aromatic carbocycles. The van der Waals surface area contributed by atoms with E-state index in [-0.39, 0.29) is 0 Å². The maximum Gasteiger partial charge on any atom is 0.0991 e. The van der Waals surface area contributed by atoms with Crippen molar-refractivity contribution in [1.82, 2.24) is 0 Å². The van der Waals surface area contributed by atoms with Crippen LogP contribution in [0.3, 0.4) is 0 Å². The maximum atomic E-state index is 8.71. The summed E-state index contributed by atoms with van der Waals surface area (Å²) in [5.41, 5.74) is 3.10. The standard InChI is InChI=1S/C15H12ClNS/c16-15-4-2-1-3-14(15)11-18-10-13-7-5-12(9-17)6-8-13/h1-8H,10-11H2. The lowest BCUT2D eigenvalue weighted by atomic mass is 10.2. The van der Waals surface area contributed by atoms with Crippen molar-refractivity contribution in [2.24, 2.45) is 0 Å². The summed E-state index contributed by atoms with van der Waals surface area (Å²) in [6.07, 6.45) is 0. The van der Waals surface area contributed by atoms with Crippen molar-refractivity contribution >= 4 is 23.4 Å². The molecule has 18 heavy (non-hydrogen) atoms. The van der Waals surface area contributed by atoms with Gasteiger partial charge in [-0.1, -0.05) is 41.9 Å². The van der Waals surface area contributed by atoms with Crippen LogP contribution in [0.1, 0.15) is 16.7 Å². The van der Waals surface area contributed by atoms with Gasteiger partial charge in [0.2, 0.25) is 0 Å². The van der Waals surface area contributed by atoms with Gasteiger partial charge in [-0.2, -0.15) is 17.0 Å². The second-order valence-corrected chi connectivity index (χ2v) is 5.29. The third-order valence-corrected chi connectivity index (χ3v) is 3.99. The topological polar surface area (TPSA) is 23.8 Å². The number of hydrogen-bond donors (Lipinski definition) is 0. The average molecular weight is 274 g/mol. The van der Waals surface area contributed by atoms with Crippen molar-refractivity contribution in [2.45, 2.75) is 11.5 Å². The summed E-state index contributed by atoms with van der Waals surface area (Å²) < 4.78 is 0. The monoisotopic (exact) mass is 273 g/mol. The summed E-state index contributed by atoms with van der Waals surface area (Å²) in [5.74, 6) is 1.83. The van der Waals surface area contributed by atoms with Gasteiger partial charge in [0.1, 0.15) is 0 Å². The van der Waals surface area contributed by atoms with E-state index in [1.54, 1.807) is 0 Å². The molecule has 0 fully saturated rings. The molecule has 0 unspecified atom stereocenters. The molecule has 0 atom stereocenters. The smallest absolute Gasteiger partial charge is 0.0991 e. The third-order valence-electron chi connectivity index (χ3n) is 2.57. The lowest BCUT2D eigenvalue weighted by molar-refractivity contribution is 1.36. The lowest BCUT2D eigenvalue weighted by Crippen LogP contribution is -1.85. The van der Waals surface area contributed by atoms with E-state index in [1.807, 2.05) is 60.3 Å². The van der Waals surface area contributed by atoms with Gasteiger partial charge in [-0.25, -0.2) is 0 Å². The van der Waals surface area contributed by atoms with Gasteiger partial charge >= 0.3 is 0 Å². The van der Waals surface area contributed by atoms with Gasteiger partial charge in [-0.15, -0.1) is 0 Å². The van der Waals surface area contributed by atoms with E-state index < -0.39 is 0 Å². The minimum atomic E-state index is 0.704. The van der Waals surface area contributed by atoms with Gasteiger partial charge in [0.15, 0.2) is 0 Å². The highest BCUT2D eigenvalue weighted by atomic mass is 35.5. The average Bonchev–Trinajstić information content (AvgIpc) is 2.42. The van der Waals surface area contributed by atoms with Crippen LogP contribution in [0.2, 0.25) is 5.02 Å². The first-order chi connectivity index (χ1) is 8.79. The predicted octanol–water partition coefficient (Wildman–Crippen LogP) is 4.65. The molecule has 0 aliphatic rings. The Hall–Kier alpha value is -1.43. The summed E-state index contributed by atoms with van der Waals surface area (Å²) in [4.78, 5) is 0. The SMILES string of the molecule is N#Cc1ccc(CSCc2ccccc2Cl)cc1. The number of nitriles is 1. The Labute approximate surface area is 116 Å². The molecule has 0 aromatic heterocycles. The van der Waals surface area contributed by atoms with Crippen LogP contribution in [0.4, 0.5) is 0 Å². The Kier molecular flexibility index (Phi) is 4.69. The first-order valence-electron chi connectivity index (χ1n) is 5.60. The Morgan fingerprint density at radius 2 is 1.72 bits per heavy atom. The lowest BCUT2D eigenvalue weighted by Gasteiger charge is -2.04. The normalized spacial score (nSPS) is 10.0. The second-order valence-electron chi connectivity index (χ2n) is 3.89. The van der Waals surface area contributed by atoms with Crippen molar-refractivity contribution in [2.75, 3.05) is 0 Å². The van der Waals surface area contributed by atoms with Crippen LogP contribution in [0.5, 0.6) is 0 Å². The number of hydrogen-bond acceptors (Lipinski definition) is 2. The largest absolute Gasteiger partial charge is 0.192 e. The van der Waals surface area contributed by atoms with E-state index in [0.29, 0.717) is 5.56 Å². The molecule has 0 heterocycles. The van der Waals surface area contributed by atoms with Crippen LogP contribution in [0, 0.1) is 11.3 Å². The third kappa shape index (κ3) is 3.53. The number of halogens is 1. The van der Waals surface area contributed by atoms with Crippen molar-refractivity contribution in [3.63, 3.8) is 0 Å². The molecule has 0 saturated carbocycles. The Bertz CT molecular complexity index is 557. The zero-order valence-corrected chi connectivity index (χ0v) is 11.3. The fraction of sp³-hybridized carbons (Fsp3) is 0.133. The zero-order chi connectivity index (χ0) is 12.8.